The third-order valence-corrected chi connectivity index (χ3v) is 8.41. The van der Waals surface area contributed by atoms with E-state index in [-0.39, 0.29) is 0 Å². The Morgan fingerprint density at radius 1 is 1.00 bits per heavy atom. The number of ether oxygens (including phenoxy) is 1. The first-order valence-electron chi connectivity index (χ1n) is 8.48. The summed E-state index contributed by atoms with van der Waals surface area (Å²) < 4.78 is 7.55. The molecule has 1 atom stereocenters. The maximum atomic E-state index is 6.36. The van der Waals surface area contributed by atoms with Gasteiger partial charge < -0.3 is 0 Å². The standard InChI is InChI=1S/C22H19ClIOS/c1-14-3-4-15(21-13-24-21)11-19(14)20-12-16(23)5-10-22(20)26-18-8-6-17(25-2)7-9-18/h3-12,21H,13H2,1-2H3/q-1/p+1. The van der Waals surface area contributed by atoms with E-state index >= 15 is 0 Å². The fourth-order valence-electron chi connectivity index (χ4n) is 2.96. The van der Waals surface area contributed by atoms with Crippen molar-refractivity contribution in [2.75, 3.05) is 11.5 Å². The van der Waals surface area contributed by atoms with Crippen LogP contribution in [0.15, 0.2) is 70.5 Å². The molecular weight excluding hydrogens is 475 g/mol. The summed E-state index contributed by atoms with van der Waals surface area (Å²) in [5.74, 6) is 0.886. The van der Waals surface area contributed by atoms with Crippen molar-refractivity contribution < 1.29 is 25.9 Å². The Morgan fingerprint density at radius 2 is 1.77 bits per heavy atom. The third-order valence-electron chi connectivity index (χ3n) is 4.50. The zero-order valence-corrected chi connectivity index (χ0v) is 18.5. The second kappa shape index (κ2) is 7.83. The van der Waals surface area contributed by atoms with E-state index in [9.17, 15) is 0 Å². The Balaban J connectivity index is 1.74. The van der Waals surface area contributed by atoms with Crippen LogP contribution in [0.1, 0.15) is 15.1 Å². The molecular formula is C22H20ClIOS. The van der Waals surface area contributed by atoms with Crippen molar-refractivity contribution in [1.82, 2.24) is 0 Å². The van der Waals surface area contributed by atoms with Gasteiger partial charge in [-0.05, 0) is 0 Å². The molecule has 1 nitrogen and oxygen atoms in total. The molecule has 0 aliphatic carbocycles. The summed E-state index contributed by atoms with van der Waals surface area (Å²) in [6.07, 6.45) is 0. The SMILES string of the molecule is COc1ccc([SH+]c2ccc(Cl)cc2-c2cc(C3C[I-]3)ccc2C)cc1. The van der Waals surface area contributed by atoms with E-state index in [0.717, 1.165) is 14.7 Å². The number of hydrogen-bond acceptors (Lipinski definition) is 1. The monoisotopic (exact) mass is 494 g/mol. The van der Waals surface area contributed by atoms with Crippen LogP contribution in [0.2, 0.25) is 5.02 Å². The van der Waals surface area contributed by atoms with Gasteiger partial charge in [0.05, 0.1) is 7.11 Å². The van der Waals surface area contributed by atoms with Crippen LogP contribution in [0.25, 0.3) is 11.1 Å². The van der Waals surface area contributed by atoms with Gasteiger partial charge in [-0.3, -0.25) is 0 Å². The molecule has 4 heteroatoms. The van der Waals surface area contributed by atoms with E-state index in [4.69, 9.17) is 16.3 Å². The summed E-state index contributed by atoms with van der Waals surface area (Å²) in [6.45, 7) is 2.19. The molecule has 1 heterocycles. The number of halogens is 2. The van der Waals surface area contributed by atoms with E-state index in [1.54, 1.807) is 7.11 Å². The molecule has 1 aliphatic rings. The number of alkyl halides is 2. The van der Waals surface area contributed by atoms with Crippen molar-refractivity contribution in [2.24, 2.45) is 0 Å². The van der Waals surface area contributed by atoms with Crippen LogP contribution in [0.5, 0.6) is 5.75 Å². The number of thiol groups is 1. The predicted molar refractivity (Wildman–Crippen MR) is 108 cm³/mol. The Labute approximate surface area is 174 Å². The first-order chi connectivity index (χ1) is 12.6. The summed E-state index contributed by atoms with van der Waals surface area (Å²) in [6, 6.07) is 21.5. The minimum absolute atomic E-state index is 0.403. The van der Waals surface area contributed by atoms with Crippen LogP contribution in [-0.4, -0.2) is 11.5 Å². The Hall–Kier alpha value is -1.17. The van der Waals surface area contributed by atoms with Gasteiger partial charge in [-0.1, -0.05) is 0 Å². The average Bonchev–Trinajstić information content (AvgIpc) is 3.49. The van der Waals surface area contributed by atoms with E-state index in [2.05, 4.69) is 49.4 Å². The van der Waals surface area contributed by atoms with Crippen LogP contribution in [0.3, 0.4) is 0 Å². The van der Waals surface area contributed by atoms with Crippen molar-refractivity contribution in [3.05, 3.63) is 76.8 Å². The number of benzene rings is 3. The summed E-state index contributed by atoms with van der Waals surface area (Å²) >= 11 is 7.94. The summed E-state index contributed by atoms with van der Waals surface area (Å²) in [7, 11) is 1.70. The second-order valence-corrected chi connectivity index (χ2v) is 11.2. The maximum absolute atomic E-state index is 6.36. The Kier molecular flexibility index (Phi) is 5.48. The van der Waals surface area contributed by atoms with Crippen molar-refractivity contribution in [3.8, 4) is 16.9 Å². The molecule has 0 aromatic heterocycles. The van der Waals surface area contributed by atoms with Crippen LogP contribution < -0.4 is 25.9 Å². The summed E-state index contributed by atoms with van der Waals surface area (Å²) in [5.41, 5.74) is 5.37. The van der Waals surface area contributed by atoms with E-state index in [0.29, 0.717) is 21.2 Å². The van der Waals surface area contributed by atoms with Gasteiger partial charge in [0.25, 0.3) is 0 Å². The van der Waals surface area contributed by atoms with Crippen LogP contribution in [-0.2, 0) is 11.8 Å². The number of hydrogen-bond donors (Lipinski definition) is 0. The normalized spacial score (nSPS) is 16.0. The molecule has 0 N–H and O–H groups in total. The van der Waals surface area contributed by atoms with Gasteiger partial charge >= 0.3 is 168 Å². The number of rotatable bonds is 5. The van der Waals surface area contributed by atoms with Gasteiger partial charge in [-0.15, -0.1) is 0 Å². The second-order valence-electron chi connectivity index (χ2n) is 6.32. The van der Waals surface area contributed by atoms with Crippen LogP contribution in [0, 0.1) is 6.92 Å². The van der Waals surface area contributed by atoms with Crippen molar-refractivity contribution in [2.45, 2.75) is 20.6 Å². The van der Waals surface area contributed by atoms with E-state index < -0.39 is 0 Å². The topological polar surface area (TPSA) is 9.23 Å². The van der Waals surface area contributed by atoms with Crippen molar-refractivity contribution >= 4 is 23.4 Å². The van der Waals surface area contributed by atoms with Gasteiger partial charge in [0.1, 0.15) is 0 Å². The van der Waals surface area contributed by atoms with Crippen LogP contribution in [0.4, 0.5) is 0 Å². The molecule has 0 spiro atoms. The van der Waals surface area contributed by atoms with Gasteiger partial charge in [-0.25, -0.2) is 0 Å². The molecule has 0 bridgehead atoms. The van der Waals surface area contributed by atoms with Crippen molar-refractivity contribution in [1.29, 1.82) is 0 Å². The number of methoxy groups -OCH3 is 1. The average molecular weight is 495 g/mol. The van der Waals surface area contributed by atoms with Gasteiger partial charge in [0, 0.05) is 0 Å². The van der Waals surface area contributed by atoms with Gasteiger partial charge in [0.2, 0.25) is 0 Å². The molecule has 26 heavy (non-hydrogen) atoms. The Morgan fingerprint density at radius 3 is 2.46 bits per heavy atom. The fraction of sp³-hybridized carbons (Fsp3) is 0.182. The molecule has 3 aromatic carbocycles. The van der Waals surface area contributed by atoms with E-state index in [1.807, 2.05) is 18.2 Å². The first-order valence-corrected chi connectivity index (χ1v) is 12.5. The minimum atomic E-state index is 0.403. The van der Waals surface area contributed by atoms with E-state index in [1.165, 1.54) is 48.2 Å². The fourth-order valence-corrected chi connectivity index (χ4v) is 5.83. The Bertz CT molecular complexity index is 935. The molecule has 1 saturated heterocycles. The molecule has 0 radical (unpaired) electrons. The summed E-state index contributed by atoms with van der Waals surface area (Å²) in [4.78, 5) is 2.53. The van der Waals surface area contributed by atoms with Gasteiger partial charge in [0.15, 0.2) is 0 Å². The molecule has 0 saturated carbocycles. The molecule has 4 rings (SSSR count). The molecule has 1 unspecified atom stereocenters. The van der Waals surface area contributed by atoms with Gasteiger partial charge in [-0.2, -0.15) is 0 Å². The molecule has 0 amide bonds. The molecule has 1 aliphatic heterocycles. The zero-order chi connectivity index (χ0) is 18.1. The molecule has 134 valence electrons. The predicted octanol–water partition coefficient (Wildman–Crippen LogP) is 2.70. The number of aryl methyl sites for hydroxylation is 1. The first kappa shape index (κ1) is 18.2. The quantitative estimate of drug-likeness (QED) is 0.229. The third kappa shape index (κ3) is 4.05. The van der Waals surface area contributed by atoms with Crippen LogP contribution >= 0.6 is 11.6 Å². The molecule has 1 fully saturated rings. The zero-order valence-electron chi connectivity index (χ0n) is 14.7. The molecule has 3 aromatic rings. The summed E-state index contributed by atoms with van der Waals surface area (Å²) in [5, 5.41) is 0.789. The van der Waals surface area contributed by atoms with Crippen molar-refractivity contribution in [3.63, 3.8) is 0 Å².